The van der Waals surface area contributed by atoms with Gasteiger partial charge in [0.25, 0.3) is 0 Å². The molecule has 0 bridgehead atoms. The van der Waals surface area contributed by atoms with Crippen LogP contribution in [0.3, 0.4) is 0 Å². The Hall–Kier alpha value is -2.85. The summed E-state index contributed by atoms with van der Waals surface area (Å²) in [7, 11) is -3.85. The maximum absolute atomic E-state index is 13.3. The van der Waals surface area contributed by atoms with Crippen LogP contribution in [0.15, 0.2) is 47.4 Å². The van der Waals surface area contributed by atoms with Crippen LogP contribution in [0.1, 0.15) is 24.1 Å². The Morgan fingerprint density at radius 1 is 0.966 bits per heavy atom. The number of carbonyl (C=O) groups is 2. The van der Waals surface area contributed by atoms with E-state index in [2.05, 4.69) is 15.4 Å². The van der Waals surface area contributed by atoms with Crippen molar-refractivity contribution in [1.82, 2.24) is 15.4 Å². The third-order valence-electron chi connectivity index (χ3n) is 4.02. The van der Waals surface area contributed by atoms with Crippen molar-refractivity contribution >= 4 is 21.8 Å². The molecule has 0 spiro atoms. The topological polar surface area (TPSA) is 104 Å². The van der Waals surface area contributed by atoms with Crippen molar-refractivity contribution < 1.29 is 26.8 Å². The maximum atomic E-state index is 13.3. The second-order valence-electron chi connectivity index (χ2n) is 6.38. The number of hydrogen-bond acceptors (Lipinski definition) is 4. The number of rotatable bonds is 8. The third kappa shape index (κ3) is 6.61. The Labute approximate surface area is 167 Å². The Morgan fingerprint density at radius 3 is 2.24 bits per heavy atom. The minimum absolute atomic E-state index is 0.0222. The van der Waals surface area contributed by atoms with Gasteiger partial charge in [-0.2, -0.15) is 0 Å². The first kappa shape index (κ1) is 22.4. The van der Waals surface area contributed by atoms with Crippen molar-refractivity contribution in [3.8, 4) is 0 Å². The molecule has 1 unspecified atom stereocenters. The molecular weight excluding hydrogens is 404 g/mol. The SMILES string of the molecule is Cc1ccc(S(=O)(=O)NCC(=O)NCC(=O)NC(C)c2ccc(F)c(F)c2)cc1. The van der Waals surface area contributed by atoms with Gasteiger partial charge in [-0.1, -0.05) is 23.8 Å². The van der Waals surface area contributed by atoms with Gasteiger partial charge in [0.15, 0.2) is 11.6 Å². The van der Waals surface area contributed by atoms with Gasteiger partial charge in [0.05, 0.1) is 24.0 Å². The second-order valence-corrected chi connectivity index (χ2v) is 8.14. The molecule has 2 amide bonds. The van der Waals surface area contributed by atoms with Crippen LogP contribution in [0.2, 0.25) is 0 Å². The highest BCUT2D eigenvalue weighted by molar-refractivity contribution is 7.89. The van der Waals surface area contributed by atoms with Gasteiger partial charge >= 0.3 is 0 Å². The number of carbonyl (C=O) groups excluding carboxylic acids is 2. The van der Waals surface area contributed by atoms with Crippen LogP contribution < -0.4 is 15.4 Å². The van der Waals surface area contributed by atoms with Crippen molar-refractivity contribution in [2.24, 2.45) is 0 Å². The summed E-state index contributed by atoms with van der Waals surface area (Å²) in [5.41, 5.74) is 1.25. The van der Waals surface area contributed by atoms with Gasteiger partial charge in [-0.3, -0.25) is 9.59 Å². The minimum atomic E-state index is -3.85. The van der Waals surface area contributed by atoms with Crippen LogP contribution in [-0.2, 0) is 19.6 Å². The molecule has 1 atom stereocenters. The van der Waals surface area contributed by atoms with Crippen molar-refractivity contribution in [3.63, 3.8) is 0 Å². The van der Waals surface area contributed by atoms with E-state index in [9.17, 15) is 26.8 Å². The van der Waals surface area contributed by atoms with E-state index >= 15 is 0 Å². The molecule has 0 heterocycles. The lowest BCUT2D eigenvalue weighted by atomic mass is 10.1. The number of sulfonamides is 1. The monoisotopic (exact) mass is 425 g/mol. The molecule has 0 radical (unpaired) electrons. The molecule has 2 rings (SSSR count). The second kappa shape index (κ2) is 9.57. The van der Waals surface area contributed by atoms with Gasteiger partial charge in [0.1, 0.15) is 0 Å². The lowest BCUT2D eigenvalue weighted by Gasteiger charge is -2.15. The Kier molecular flexibility index (Phi) is 7.40. The van der Waals surface area contributed by atoms with E-state index < -0.39 is 52.6 Å². The van der Waals surface area contributed by atoms with Crippen LogP contribution in [-0.4, -0.2) is 33.3 Å². The largest absolute Gasteiger partial charge is 0.348 e. The summed E-state index contributed by atoms with van der Waals surface area (Å²) in [5, 5.41) is 4.80. The predicted octanol–water partition coefficient (Wildman–Crippen LogP) is 1.55. The number of halogens is 2. The predicted molar refractivity (Wildman–Crippen MR) is 102 cm³/mol. The smallest absolute Gasteiger partial charge is 0.241 e. The van der Waals surface area contributed by atoms with Crippen molar-refractivity contribution in [1.29, 1.82) is 0 Å². The minimum Gasteiger partial charge on any atom is -0.348 e. The number of aryl methyl sites for hydroxylation is 1. The molecule has 3 N–H and O–H groups in total. The van der Waals surface area contributed by atoms with Crippen LogP contribution in [0.25, 0.3) is 0 Å². The Balaban J connectivity index is 1.80. The summed E-state index contributed by atoms with van der Waals surface area (Å²) in [6.07, 6.45) is 0. The molecule has 0 aliphatic rings. The number of benzene rings is 2. The zero-order valence-electron chi connectivity index (χ0n) is 15.8. The molecule has 0 aliphatic carbocycles. The third-order valence-corrected chi connectivity index (χ3v) is 5.44. The van der Waals surface area contributed by atoms with E-state index in [-0.39, 0.29) is 4.90 Å². The van der Waals surface area contributed by atoms with Gasteiger partial charge in [-0.15, -0.1) is 0 Å². The van der Waals surface area contributed by atoms with Gasteiger partial charge in [-0.25, -0.2) is 21.9 Å². The van der Waals surface area contributed by atoms with Crippen LogP contribution >= 0.6 is 0 Å². The summed E-state index contributed by atoms with van der Waals surface area (Å²) in [6, 6.07) is 8.75. The van der Waals surface area contributed by atoms with Gasteiger partial charge < -0.3 is 10.6 Å². The summed E-state index contributed by atoms with van der Waals surface area (Å²) >= 11 is 0. The van der Waals surface area contributed by atoms with Crippen LogP contribution in [0, 0.1) is 18.6 Å². The molecule has 0 aromatic heterocycles. The fourth-order valence-corrected chi connectivity index (χ4v) is 3.34. The standard InChI is InChI=1S/C19H21F2N3O4S/c1-12-3-6-15(7-4-12)29(27,28)23-11-18(25)22-10-19(26)24-13(2)14-5-8-16(20)17(21)9-14/h3-9,13,23H,10-11H2,1-2H3,(H,22,25)(H,24,26). The maximum Gasteiger partial charge on any atom is 0.241 e. The molecule has 0 fully saturated rings. The van der Waals surface area contributed by atoms with E-state index in [1.54, 1.807) is 19.1 Å². The Morgan fingerprint density at radius 2 is 1.62 bits per heavy atom. The van der Waals surface area contributed by atoms with E-state index in [4.69, 9.17) is 0 Å². The summed E-state index contributed by atoms with van der Waals surface area (Å²) in [4.78, 5) is 23.7. The van der Waals surface area contributed by atoms with Crippen LogP contribution in [0.5, 0.6) is 0 Å². The van der Waals surface area contributed by atoms with Gasteiger partial charge in [0.2, 0.25) is 21.8 Å². The summed E-state index contributed by atoms with van der Waals surface area (Å²) in [6.45, 7) is 2.44. The lowest BCUT2D eigenvalue weighted by Crippen LogP contribution is -2.42. The average molecular weight is 425 g/mol. The number of nitrogens with one attached hydrogen (secondary N) is 3. The van der Waals surface area contributed by atoms with Gasteiger partial charge in [0, 0.05) is 0 Å². The molecule has 0 aliphatic heterocycles. The Bertz CT molecular complexity index is 995. The first-order valence-electron chi connectivity index (χ1n) is 8.66. The number of hydrogen-bond donors (Lipinski definition) is 3. The van der Waals surface area contributed by atoms with Crippen molar-refractivity contribution in [2.75, 3.05) is 13.1 Å². The zero-order chi connectivity index (χ0) is 21.6. The molecule has 10 heteroatoms. The normalized spacial score (nSPS) is 12.3. The van der Waals surface area contributed by atoms with Gasteiger partial charge in [-0.05, 0) is 43.7 Å². The molecule has 0 saturated heterocycles. The molecule has 2 aromatic rings. The number of amides is 2. The molecule has 0 saturated carbocycles. The van der Waals surface area contributed by atoms with E-state index in [0.717, 1.165) is 17.7 Å². The van der Waals surface area contributed by atoms with E-state index in [0.29, 0.717) is 5.56 Å². The fraction of sp³-hybridized carbons (Fsp3) is 0.263. The van der Waals surface area contributed by atoms with E-state index in [1.807, 2.05) is 6.92 Å². The molecule has 29 heavy (non-hydrogen) atoms. The average Bonchev–Trinajstić information content (AvgIpc) is 2.67. The fourth-order valence-electron chi connectivity index (χ4n) is 2.36. The molecule has 7 nitrogen and oxygen atoms in total. The molecular formula is C19H21F2N3O4S. The van der Waals surface area contributed by atoms with Crippen molar-refractivity contribution in [2.45, 2.75) is 24.8 Å². The highest BCUT2D eigenvalue weighted by atomic mass is 32.2. The summed E-state index contributed by atoms with van der Waals surface area (Å²) in [5.74, 6) is -3.29. The first-order chi connectivity index (χ1) is 13.6. The molecule has 156 valence electrons. The highest BCUT2D eigenvalue weighted by Gasteiger charge is 2.16. The zero-order valence-corrected chi connectivity index (χ0v) is 16.6. The summed E-state index contributed by atoms with van der Waals surface area (Å²) < 4.78 is 52.6. The van der Waals surface area contributed by atoms with E-state index in [1.165, 1.54) is 18.2 Å². The first-order valence-corrected chi connectivity index (χ1v) is 10.1. The van der Waals surface area contributed by atoms with Crippen LogP contribution in [0.4, 0.5) is 8.78 Å². The lowest BCUT2D eigenvalue weighted by molar-refractivity contribution is -0.125. The molecule has 2 aromatic carbocycles. The highest BCUT2D eigenvalue weighted by Crippen LogP contribution is 2.15. The van der Waals surface area contributed by atoms with Crippen molar-refractivity contribution in [3.05, 3.63) is 65.2 Å². The quantitative estimate of drug-likeness (QED) is 0.597.